The van der Waals surface area contributed by atoms with Gasteiger partial charge in [-0.25, -0.2) is 4.99 Å². The van der Waals surface area contributed by atoms with Gasteiger partial charge in [0.05, 0.1) is 12.8 Å². The van der Waals surface area contributed by atoms with Crippen LogP contribution in [0.3, 0.4) is 0 Å². The second-order valence-electron chi connectivity index (χ2n) is 6.83. The summed E-state index contributed by atoms with van der Waals surface area (Å²) in [5, 5.41) is 13.5. The zero-order valence-corrected chi connectivity index (χ0v) is 17.4. The minimum Gasteiger partial charge on any atom is -0.467 e. The number of aliphatic hydroxyl groups excluding tert-OH is 1. The zero-order valence-electron chi connectivity index (χ0n) is 15.1. The number of rotatable bonds is 6. The van der Waals surface area contributed by atoms with Crippen LogP contribution in [0.15, 0.2) is 27.8 Å². The van der Waals surface area contributed by atoms with E-state index < -0.39 is 6.10 Å². The average molecular weight is 462 g/mol. The summed E-state index contributed by atoms with van der Waals surface area (Å²) < 4.78 is 5.25. The van der Waals surface area contributed by atoms with Crippen LogP contribution in [0.4, 0.5) is 0 Å². The molecule has 0 radical (unpaired) electrons. The molecule has 0 aliphatic carbocycles. The van der Waals surface area contributed by atoms with Crippen LogP contribution < -0.4 is 5.32 Å². The van der Waals surface area contributed by atoms with Gasteiger partial charge in [0.2, 0.25) is 0 Å². The first-order valence-corrected chi connectivity index (χ1v) is 9.23. The van der Waals surface area contributed by atoms with E-state index in [-0.39, 0.29) is 24.0 Å². The van der Waals surface area contributed by atoms with Gasteiger partial charge in [0, 0.05) is 26.2 Å². The second-order valence-corrected chi connectivity index (χ2v) is 6.83. The molecule has 2 aliphatic heterocycles. The lowest BCUT2D eigenvalue weighted by Gasteiger charge is -2.23. The standard InChI is InChI=1S/C18H30N4O2.HI/c1-2-19-18(20-12-16(23)17-6-5-11-24-17)22-10-7-15(14-22)13-21-8-3-4-9-21;/h5-6,11,15-16,23H,2-4,7-10,12-14H2,1H3,(H,19,20);1H. The van der Waals surface area contributed by atoms with E-state index in [1.54, 1.807) is 18.4 Å². The summed E-state index contributed by atoms with van der Waals surface area (Å²) in [4.78, 5) is 9.55. The molecular formula is C18H31IN4O2. The second kappa shape index (κ2) is 10.4. The Bertz CT molecular complexity index is 517. The van der Waals surface area contributed by atoms with Gasteiger partial charge in [0.15, 0.2) is 5.96 Å². The highest BCUT2D eigenvalue weighted by Crippen LogP contribution is 2.20. The van der Waals surface area contributed by atoms with E-state index in [2.05, 4.69) is 27.0 Å². The quantitative estimate of drug-likeness (QED) is 0.386. The third-order valence-electron chi connectivity index (χ3n) is 4.92. The molecule has 3 rings (SSSR count). The molecule has 2 atom stereocenters. The van der Waals surface area contributed by atoms with Crippen LogP contribution in [0.25, 0.3) is 0 Å². The van der Waals surface area contributed by atoms with Gasteiger partial charge in [-0.15, -0.1) is 24.0 Å². The number of nitrogens with zero attached hydrogens (tertiary/aromatic N) is 3. The van der Waals surface area contributed by atoms with E-state index in [1.807, 2.05) is 0 Å². The lowest BCUT2D eigenvalue weighted by Crippen LogP contribution is -2.41. The molecule has 2 fully saturated rings. The molecule has 7 heteroatoms. The summed E-state index contributed by atoms with van der Waals surface area (Å²) in [7, 11) is 0. The molecule has 3 heterocycles. The van der Waals surface area contributed by atoms with E-state index >= 15 is 0 Å². The summed E-state index contributed by atoms with van der Waals surface area (Å²) in [6.45, 7) is 9.08. The van der Waals surface area contributed by atoms with Crippen molar-refractivity contribution in [2.24, 2.45) is 10.9 Å². The Morgan fingerprint density at radius 2 is 2.20 bits per heavy atom. The fourth-order valence-electron chi connectivity index (χ4n) is 3.67. The van der Waals surface area contributed by atoms with Crippen molar-refractivity contribution in [3.8, 4) is 0 Å². The fraction of sp³-hybridized carbons (Fsp3) is 0.722. The Kier molecular flexibility index (Phi) is 8.51. The van der Waals surface area contributed by atoms with Crippen molar-refractivity contribution in [3.63, 3.8) is 0 Å². The number of hydrogen-bond acceptors (Lipinski definition) is 4. The van der Waals surface area contributed by atoms with Gasteiger partial charge in [0.25, 0.3) is 0 Å². The highest BCUT2D eigenvalue weighted by Gasteiger charge is 2.27. The van der Waals surface area contributed by atoms with Gasteiger partial charge in [-0.2, -0.15) is 0 Å². The molecule has 0 aromatic carbocycles. The molecule has 142 valence electrons. The Hall–Kier alpha value is -0.800. The van der Waals surface area contributed by atoms with Gasteiger partial charge < -0.3 is 24.6 Å². The molecular weight excluding hydrogens is 431 g/mol. The number of furan rings is 1. The predicted octanol–water partition coefficient (Wildman–Crippen LogP) is 2.31. The van der Waals surface area contributed by atoms with E-state index in [1.165, 1.54) is 38.9 Å². The maximum atomic E-state index is 10.2. The molecule has 25 heavy (non-hydrogen) atoms. The molecule has 0 spiro atoms. The third-order valence-corrected chi connectivity index (χ3v) is 4.92. The van der Waals surface area contributed by atoms with Crippen molar-refractivity contribution >= 4 is 29.9 Å². The summed E-state index contributed by atoms with van der Waals surface area (Å²) >= 11 is 0. The molecule has 2 saturated heterocycles. The highest BCUT2D eigenvalue weighted by molar-refractivity contribution is 14.0. The van der Waals surface area contributed by atoms with E-state index in [0.29, 0.717) is 12.3 Å². The van der Waals surface area contributed by atoms with E-state index in [9.17, 15) is 5.11 Å². The van der Waals surface area contributed by atoms with Crippen molar-refractivity contribution in [1.29, 1.82) is 0 Å². The number of nitrogens with one attached hydrogen (secondary N) is 1. The van der Waals surface area contributed by atoms with Crippen molar-refractivity contribution in [3.05, 3.63) is 24.2 Å². The summed E-state index contributed by atoms with van der Waals surface area (Å²) in [5.74, 6) is 2.21. The number of halogens is 1. The van der Waals surface area contributed by atoms with Crippen LogP contribution >= 0.6 is 24.0 Å². The Morgan fingerprint density at radius 3 is 2.88 bits per heavy atom. The fourth-order valence-corrected chi connectivity index (χ4v) is 3.67. The van der Waals surface area contributed by atoms with Crippen molar-refractivity contribution in [1.82, 2.24) is 15.1 Å². The van der Waals surface area contributed by atoms with E-state index in [4.69, 9.17) is 4.42 Å². The van der Waals surface area contributed by atoms with Crippen LogP contribution in [-0.2, 0) is 0 Å². The largest absolute Gasteiger partial charge is 0.467 e. The van der Waals surface area contributed by atoms with Crippen LogP contribution in [0.1, 0.15) is 38.1 Å². The van der Waals surface area contributed by atoms with Crippen molar-refractivity contribution in [2.75, 3.05) is 45.8 Å². The van der Waals surface area contributed by atoms with Crippen LogP contribution in [-0.4, -0.2) is 66.7 Å². The summed E-state index contributed by atoms with van der Waals surface area (Å²) in [6.07, 6.45) is 4.83. The minimum absolute atomic E-state index is 0. The first kappa shape index (κ1) is 20.5. The topological polar surface area (TPSA) is 64.2 Å². The van der Waals surface area contributed by atoms with Crippen molar-refractivity contribution < 1.29 is 9.52 Å². The Labute approximate surface area is 167 Å². The number of likely N-dealkylation sites (tertiary alicyclic amines) is 2. The molecule has 2 unspecified atom stereocenters. The molecule has 1 aromatic heterocycles. The molecule has 1 aromatic rings. The van der Waals surface area contributed by atoms with Crippen molar-refractivity contribution in [2.45, 2.75) is 32.3 Å². The maximum Gasteiger partial charge on any atom is 0.194 e. The summed E-state index contributed by atoms with van der Waals surface area (Å²) in [6, 6.07) is 3.58. The summed E-state index contributed by atoms with van der Waals surface area (Å²) in [5.41, 5.74) is 0. The maximum absolute atomic E-state index is 10.2. The van der Waals surface area contributed by atoms with Gasteiger partial charge in [-0.05, 0) is 57.3 Å². The van der Waals surface area contributed by atoms with Crippen LogP contribution in [0.2, 0.25) is 0 Å². The minimum atomic E-state index is -0.684. The third kappa shape index (κ3) is 5.86. The lowest BCUT2D eigenvalue weighted by molar-refractivity contribution is 0.158. The molecule has 2 N–H and O–H groups in total. The molecule has 0 saturated carbocycles. The molecule has 0 bridgehead atoms. The van der Waals surface area contributed by atoms with Gasteiger partial charge in [-0.1, -0.05) is 0 Å². The van der Waals surface area contributed by atoms with Crippen LogP contribution in [0, 0.1) is 5.92 Å². The molecule has 6 nitrogen and oxygen atoms in total. The zero-order chi connectivity index (χ0) is 16.8. The number of aliphatic hydroxyl groups is 1. The SMILES string of the molecule is CCNC(=NCC(O)c1ccco1)N1CCC(CN2CCCC2)C1.I. The number of aliphatic imine (C=N–C) groups is 1. The first-order valence-electron chi connectivity index (χ1n) is 9.23. The van der Waals surface area contributed by atoms with Gasteiger partial charge in [-0.3, -0.25) is 0 Å². The Morgan fingerprint density at radius 1 is 1.40 bits per heavy atom. The van der Waals surface area contributed by atoms with E-state index in [0.717, 1.165) is 31.5 Å². The smallest absolute Gasteiger partial charge is 0.194 e. The van der Waals surface area contributed by atoms with Gasteiger partial charge in [0.1, 0.15) is 11.9 Å². The lowest BCUT2D eigenvalue weighted by atomic mass is 10.1. The molecule has 0 amide bonds. The first-order chi connectivity index (χ1) is 11.8. The van der Waals surface area contributed by atoms with Gasteiger partial charge >= 0.3 is 0 Å². The number of guanidine groups is 1. The molecule has 2 aliphatic rings. The predicted molar refractivity (Wildman–Crippen MR) is 110 cm³/mol. The Balaban J connectivity index is 0.00000225. The number of hydrogen-bond donors (Lipinski definition) is 2. The average Bonchev–Trinajstić information content (AvgIpc) is 3.33. The van der Waals surface area contributed by atoms with Crippen LogP contribution in [0.5, 0.6) is 0 Å². The normalized spacial score (nSPS) is 22.9. The highest BCUT2D eigenvalue weighted by atomic mass is 127. The monoisotopic (exact) mass is 462 g/mol.